The third-order valence-corrected chi connectivity index (χ3v) is 9.68. The highest BCUT2D eigenvalue weighted by Gasteiger charge is 2.21. The Morgan fingerprint density at radius 1 is 0.367 bits per heavy atom. The predicted octanol–water partition coefficient (Wildman–Crippen LogP) is 13.4. The highest BCUT2D eigenvalue weighted by molar-refractivity contribution is 6.16. The first-order valence-corrected chi connectivity index (χ1v) is 16.6. The van der Waals surface area contributed by atoms with Gasteiger partial charge in [-0.1, -0.05) is 121 Å². The van der Waals surface area contributed by atoms with Crippen molar-refractivity contribution >= 4 is 71.7 Å². The fourth-order valence-electron chi connectivity index (χ4n) is 7.40. The normalized spacial score (nSPS) is 11.7. The fourth-order valence-corrected chi connectivity index (χ4v) is 7.40. The van der Waals surface area contributed by atoms with Crippen LogP contribution in [0.3, 0.4) is 0 Å². The molecule has 3 heteroatoms. The first-order valence-electron chi connectivity index (χ1n) is 16.6. The van der Waals surface area contributed by atoms with Gasteiger partial charge in [0.25, 0.3) is 0 Å². The summed E-state index contributed by atoms with van der Waals surface area (Å²) in [6.45, 7) is 0. The molecule has 0 aliphatic carbocycles. The monoisotopic (exact) mass is 627 g/mol. The Hall–Kier alpha value is -6.58. The molecule has 0 spiro atoms. The molecule has 0 amide bonds. The molecule has 0 aliphatic heterocycles. The molecule has 49 heavy (non-hydrogen) atoms. The van der Waals surface area contributed by atoms with E-state index in [1.807, 2.05) is 18.2 Å². The number of nitrogens with zero attached hydrogens (tertiary/aromatic N) is 1. The van der Waals surface area contributed by atoms with Gasteiger partial charge in [-0.3, -0.25) is 0 Å². The fraction of sp³-hybridized carbons (Fsp3) is 0. The zero-order valence-corrected chi connectivity index (χ0v) is 26.5. The molecule has 0 saturated carbocycles. The van der Waals surface area contributed by atoms with Crippen molar-refractivity contribution in [3.05, 3.63) is 176 Å². The Morgan fingerprint density at radius 3 is 1.86 bits per heavy atom. The Labute approximate surface area is 282 Å². The summed E-state index contributed by atoms with van der Waals surface area (Å²) in [6.07, 6.45) is 0. The van der Waals surface area contributed by atoms with Crippen LogP contribution in [0.2, 0.25) is 0 Å². The average molecular weight is 628 g/mol. The first-order chi connectivity index (χ1) is 24.3. The molecule has 3 nitrogen and oxygen atoms in total. The molecule has 2 aromatic heterocycles. The lowest BCUT2D eigenvalue weighted by molar-refractivity contribution is 0.669. The molecule has 10 aromatic rings. The summed E-state index contributed by atoms with van der Waals surface area (Å²) in [7, 11) is 0. The minimum absolute atomic E-state index is 0.853. The van der Waals surface area contributed by atoms with Crippen LogP contribution < -0.4 is 4.90 Å². The van der Waals surface area contributed by atoms with Gasteiger partial charge < -0.3 is 13.7 Å². The summed E-state index contributed by atoms with van der Waals surface area (Å²) in [5, 5.41) is 6.68. The van der Waals surface area contributed by atoms with Gasteiger partial charge in [0.2, 0.25) is 0 Å². The van der Waals surface area contributed by atoms with Crippen LogP contribution in [0.25, 0.3) is 76.9 Å². The van der Waals surface area contributed by atoms with E-state index >= 15 is 0 Å². The summed E-state index contributed by atoms with van der Waals surface area (Å²) < 4.78 is 13.0. The van der Waals surface area contributed by atoms with Crippen LogP contribution in [-0.4, -0.2) is 0 Å². The molecule has 0 N–H and O–H groups in total. The Balaban J connectivity index is 1.17. The zero-order chi connectivity index (χ0) is 32.3. The molecule has 0 atom stereocenters. The molecule has 0 bridgehead atoms. The lowest BCUT2D eigenvalue weighted by Gasteiger charge is -2.26. The van der Waals surface area contributed by atoms with E-state index < -0.39 is 0 Å². The Kier molecular flexibility index (Phi) is 6.18. The number of anilines is 3. The van der Waals surface area contributed by atoms with E-state index in [0.717, 1.165) is 71.9 Å². The molecule has 8 aromatic carbocycles. The zero-order valence-electron chi connectivity index (χ0n) is 26.5. The lowest BCUT2D eigenvalue weighted by atomic mass is 9.94. The summed E-state index contributed by atoms with van der Waals surface area (Å²) in [5.74, 6) is 0. The van der Waals surface area contributed by atoms with Gasteiger partial charge in [-0.25, -0.2) is 0 Å². The van der Waals surface area contributed by atoms with E-state index in [2.05, 4.69) is 163 Å². The van der Waals surface area contributed by atoms with Gasteiger partial charge in [0.1, 0.15) is 22.3 Å². The van der Waals surface area contributed by atoms with E-state index in [1.165, 1.54) is 22.1 Å². The Bertz CT molecular complexity index is 2830. The molecule has 0 unspecified atom stereocenters. The quantitative estimate of drug-likeness (QED) is 0.190. The number of para-hydroxylation sites is 1. The maximum absolute atomic E-state index is 6.66. The molecular formula is C46H29NO2. The standard InChI is InChI=1S/C46H29NO2/c1-2-11-30(12-3-1)35-14-6-7-15-36(35)32-21-24-33(25-22-32)47(41-18-10-20-43-45(41)40-17-8-9-19-42(40)48-43)34-26-28-38-39-27-23-31-13-4-5-16-37(31)46(39)49-44(38)29-34/h1-29H. The molecule has 0 saturated heterocycles. The summed E-state index contributed by atoms with van der Waals surface area (Å²) in [5.41, 5.74) is 11.4. The van der Waals surface area contributed by atoms with Crippen LogP contribution in [0.1, 0.15) is 0 Å². The third-order valence-electron chi connectivity index (χ3n) is 9.68. The largest absolute Gasteiger partial charge is 0.456 e. The number of hydrogen-bond acceptors (Lipinski definition) is 3. The SMILES string of the molecule is c1ccc(-c2ccccc2-c2ccc(N(c3ccc4c(c3)oc3c5ccccc5ccc43)c3cccc4oc5ccccc5c34)cc2)cc1. The van der Waals surface area contributed by atoms with Crippen molar-refractivity contribution in [1.82, 2.24) is 0 Å². The second kappa shape index (κ2) is 11.0. The summed E-state index contributed by atoms with van der Waals surface area (Å²) in [6, 6.07) is 62.0. The van der Waals surface area contributed by atoms with Crippen molar-refractivity contribution in [2.45, 2.75) is 0 Å². The summed E-state index contributed by atoms with van der Waals surface area (Å²) in [4.78, 5) is 2.32. The van der Waals surface area contributed by atoms with E-state index in [9.17, 15) is 0 Å². The molecule has 0 aliphatic rings. The highest BCUT2D eigenvalue weighted by atomic mass is 16.3. The molecule has 230 valence electrons. The molecule has 0 fully saturated rings. The van der Waals surface area contributed by atoms with Crippen molar-refractivity contribution < 1.29 is 8.83 Å². The maximum atomic E-state index is 6.66. The maximum Gasteiger partial charge on any atom is 0.143 e. The van der Waals surface area contributed by atoms with Crippen LogP contribution in [-0.2, 0) is 0 Å². The van der Waals surface area contributed by atoms with Gasteiger partial charge in [0.05, 0.1) is 11.1 Å². The van der Waals surface area contributed by atoms with Crippen LogP contribution in [0.5, 0.6) is 0 Å². The smallest absolute Gasteiger partial charge is 0.143 e. The third kappa shape index (κ3) is 4.44. The number of benzene rings is 8. The van der Waals surface area contributed by atoms with Crippen molar-refractivity contribution in [2.75, 3.05) is 4.90 Å². The van der Waals surface area contributed by atoms with Gasteiger partial charge in [-0.15, -0.1) is 0 Å². The van der Waals surface area contributed by atoms with Crippen LogP contribution in [0, 0.1) is 0 Å². The molecule has 10 rings (SSSR count). The van der Waals surface area contributed by atoms with Crippen LogP contribution in [0.4, 0.5) is 17.1 Å². The predicted molar refractivity (Wildman–Crippen MR) is 204 cm³/mol. The van der Waals surface area contributed by atoms with E-state index in [4.69, 9.17) is 8.83 Å². The summed E-state index contributed by atoms with van der Waals surface area (Å²) >= 11 is 0. The molecule has 2 heterocycles. The second-order valence-corrected chi connectivity index (χ2v) is 12.5. The Morgan fingerprint density at radius 2 is 1.02 bits per heavy atom. The number of fused-ring (bicyclic) bond motifs is 8. The first kappa shape index (κ1) is 27.5. The minimum atomic E-state index is 0.853. The van der Waals surface area contributed by atoms with Gasteiger partial charge in [-0.2, -0.15) is 0 Å². The van der Waals surface area contributed by atoms with Crippen molar-refractivity contribution in [2.24, 2.45) is 0 Å². The number of rotatable bonds is 5. The number of hydrogen-bond donors (Lipinski definition) is 0. The minimum Gasteiger partial charge on any atom is -0.456 e. The second-order valence-electron chi connectivity index (χ2n) is 12.5. The van der Waals surface area contributed by atoms with E-state index in [1.54, 1.807) is 0 Å². The van der Waals surface area contributed by atoms with Gasteiger partial charge >= 0.3 is 0 Å². The van der Waals surface area contributed by atoms with Crippen molar-refractivity contribution in [3.8, 4) is 22.3 Å². The van der Waals surface area contributed by atoms with E-state index in [0.29, 0.717) is 0 Å². The molecular weight excluding hydrogens is 599 g/mol. The van der Waals surface area contributed by atoms with Gasteiger partial charge in [0.15, 0.2) is 0 Å². The van der Waals surface area contributed by atoms with Gasteiger partial charge in [-0.05, 0) is 76.2 Å². The topological polar surface area (TPSA) is 29.5 Å². The van der Waals surface area contributed by atoms with E-state index in [-0.39, 0.29) is 0 Å². The highest BCUT2D eigenvalue weighted by Crippen LogP contribution is 2.45. The van der Waals surface area contributed by atoms with Gasteiger partial charge in [0, 0.05) is 39.0 Å². The molecule has 0 radical (unpaired) electrons. The van der Waals surface area contributed by atoms with Crippen molar-refractivity contribution in [3.63, 3.8) is 0 Å². The average Bonchev–Trinajstić information content (AvgIpc) is 3.74. The van der Waals surface area contributed by atoms with Crippen LogP contribution in [0.15, 0.2) is 185 Å². The van der Waals surface area contributed by atoms with Crippen molar-refractivity contribution in [1.29, 1.82) is 0 Å². The van der Waals surface area contributed by atoms with Crippen LogP contribution >= 0.6 is 0 Å². The lowest BCUT2D eigenvalue weighted by Crippen LogP contribution is -2.10. The number of furan rings is 2.